The minimum atomic E-state index is -0.0628. The highest BCUT2D eigenvalue weighted by molar-refractivity contribution is 6.30. The number of halogens is 1. The highest BCUT2D eigenvalue weighted by atomic mass is 35.5. The minimum absolute atomic E-state index is 0.0628. The van der Waals surface area contributed by atoms with Crippen molar-refractivity contribution in [2.75, 3.05) is 0 Å². The third-order valence-electron chi connectivity index (χ3n) is 5.34. The minimum Gasteiger partial charge on any atom is -0.350 e. The molecule has 1 heterocycles. The molecular weight excluding hydrogens is 416 g/mol. The van der Waals surface area contributed by atoms with Gasteiger partial charge in [-0.3, -0.25) is 4.79 Å². The zero-order chi connectivity index (χ0) is 23.1. The van der Waals surface area contributed by atoms with Crippen LogP contribution in [0.2, 0.25) is 5.02 Å². The zero-order valence-corrected chi connectivity index (χ0v) is 19.6. The summed E-state index contributed by atoms with van der Waals surface area (Å²) in [5, 5.41) is 3.73. The van der Waals surface area contributed by atoms with Crippen LogP contribution in [0.15, 0.2) is 84.4 Å². The van der Waals surface area contributed by atoms with Crippen molar-refractivity contribution in [2.24, 2.45) is 4.99 Å². The third kappa shape index (κ3) is 5.54. The van der Waals surface area contributed by atoms with Crippen molar-refractivity contribution in [3.8, 4) is 0 Å². The van der Waals surface area contributed by atoms with Gasteiger partial charge >= 0.3 is 0 Å². The SMILES string of the molecule is C=CC.CCC(C)NC(=O)c1ccc2c(c1)N=C(c1ccc(Cl)cc1)c1ccccc1C2. The molecule has 1 atom stereocenters. The average Bonchev–Trinajstić information content (AvgIpc) is 2.96. The van der Waals surface area contributed by atoms with Gasteiger partial charge < -0.3 is 5.32 Å². The average molecular weight is 445 g/mol. The van der Waals surface area contributed by atoms with E-state index in [2.05, 4.69) is 37.0 Å². The van der Waals surface area contributed by atoms with Crippen LogP contribution >= 0.6 is 11.6 Å². The predicted molar refractivity (Wildman–Crippen MR) is 136 cm³/mol. The first-order valence-corrected chi connectivity index (χ1v) is 11.3. The second-order valence-electron chi connectivity index (χ2n) is 7.84. The van der Waals surface area contributed by atoms with Crippen molar-refractivity contribution in [2.45, 2.75) is 39.7 Å². The van der Waals surface area contributed by atoms with Crippen LogP contribution in [0.25, 0.3) is 0 Å². The monoisotopic (exact) mass is 444 g/mol. The van der Waals surface area contributed by atoms with Gasteiger partial charge in [-0.2, -0.15) is 0 Å². The summed E-state index contributed by atoms with van der Waals surface area (Å²) in [4.78, 5) is 17.6. The Balaban J connectivity index is 0.000000913. The molecule has 0 saturated heterocycles. The lowest BCUT2D eigenvalue weighted by Gasteiger charge is -2.12. The second-order valence-corrected chi connectivity index (χ2v) is 8.27. The number of carbonyl (C=O) groups excluding carboxylic acids is 1. The predicted octanol–water partition coefficient (Wildman–Crippen LogP) is 7.13. The number of hydrogen-bond donors (Lipinski definition) is 1. The summed E-state index contributed by atoms with van der Waals surface area (Å²) in [5.74, 6) is -0.0628. The van der Waals surface area contributed by atoms with Crippen LogP contribution in [0.1, 0.15) is 59.8 Å². The summed E-state index contributed by atoms with van der Waals surface area (Å²) in [6, 6.07) is 22.0. The number of allylic oxidation sites excluding steroid dienone is 1. The Kier molecular flexibility index (Phi) is 8.02. The normalized spacial score (nSPS) is 12.7. The van der Waals surface area contributed by atoms with Crippen molar-refractivity contribution in [3.63, 3.8) is 0 Å². The van der Waals surface area contributed by atoms with Crippen LogP contribution in [0, 0.1) is 0 Å². The number of amides is 1. The lowest BCUT2D eigenvalue weighted by molar-refractivity contribution is 0.0939. The smallest absolute Gasteiger partial charge is 0.251 e. The van der Waals surface area contributed by atoms with Crippen LogP contribution in [0.4, 0.5) is 5.69 Å². The number of rotatable bonds is 4. The van der Waals surface area contributed by atoms with E-state index in [1.807, 2.05) is 62.4 Å². The van der Waals surface area contributed by atoms with Crippen LogP contribution in [0.5, 0.6) is 0 Å². The number of aliphatic imine (C=N–C) groups is 1. The van der Waals surface area contributed by atoms with Gasteiger partial charge in [0.15, 0.2) is 0 Å². The molecule has 164 valence electrons. The molecule has 0 aliphatic carbocycles. The molecule has 0 spiro atoms. The Morgan fingerprint density at radius 3 is 2.50 bits per heavy atom. The summed E-state index contributed by atoms with van der Waals surface area (Å²) in [7, 11) is 0. The largest absolute Gasteiger partial charge is 0.350 e. The molecule has 0 saturated carbocycles. The maximum atomic E-state index is 12.6. The van der Waals surface area contributed by atoms with E-state index in [-0.39, 0.29) is 11.9 Å². The van der Waals surface area contributed by atoms with Gasteiger partial charge in [0, 0.05) is 34.2 Å². The Labute approximate surface area is 195 Å². The van der Waals surface area contributed by atoms with E-state index in [9.17, 15) is 4.79 Å². The first kappa shape index (κ1) is 23.5. The van der Waals surface area contributed by atoms with E-state index >= 15 is 0 Å². The third-order valence-corrected chi connectivity index (χ3v) is 5.59. The molecule has 1 aliphatic rings. The van der Waals surface area contributed by atoms with Crippen LogP contribution in [-0.2, 0) is 6.42 Å². The Bertz CT molecular complexity index is 1130. The molecular formula is C28H29ClN2O. The molecule has 3 nitrogen and oxygen atoms in total. The Morgan fingerprint density at radius 1 is 1.12 bits per heavy atom. The van der Waals surface area contributed by atoms with E-state index in [4.69, 9.17) is 16.6 Å². The van der Waals surface area contributed by atoms with E-state index in [1.165, 1.54) is 5.56 Å². The number of benzene rings is 3. The number of hydrogen-bond acceptors (Lipinski definition) is 2. The molecule has 0 fully saturated rings. The van der Waals surface area contributed by atoms with Crippen LogP contribution < -0.4 is 5.32 Å². The van der Waals surface area contributed by atoms with E-state index in [1.54, 1.807) is 6.08 Å². The van der Waals surface area contributed by atoms with Gasteiger partial charge in [0.1, 0.15) is 0 Å². The fraction of sp³-hybridized carbons (Fsp3) is 0.214. The van der Waals surface area contributed by atoms with Crippen molar-refractivity contribution >= 4 is 28.9 Å². The second kappa shape index (κ2) is 10.9. The molecule has 4 rings (SSSR count). The van der Waals surface area contributed by atoms with Crippen LogP contribution in [0.3, 0.4) is 0 Å². The van der Waals surface area contributed by atoms with Crippen molar-refractivity contribution in [3.05, 3.63) is 112 Å². The fourth-order valence-electron chi connectivity index (χ4n) is 3.49. The molecule has 1 amide bonds. The Hall–Kier alpha value is -3.17. The highest BCUT2D eigenvalue weighted by Crippen LogP contribution is 2.32. The molecule has 1 unspecified atom stereocenters. The van der Waals surface area contributed by atoms with Gasteiger partial charge in [-0.25, -0.2) is 4.99 Å². The lowest BCUT2D eigenvalue weighted by atomic mass is 9.94. The van der Waals surface area contributed by atoms with Crippen LogP contribution in [-0.4, -0.2) is 17.7 Å². The highest BCUT2D eigenvalue weighted by Gasteiger charge is 2.19. The number of fused-ring (bicyclic) bond motifs is 2. The first-order valence-electron chi connectivity index (χ1n) is 10.9. The lowest BCUT2D eigenvalue weighted by Crippen LogP contribution is -2.31. The molecule has 3 aromatic rings. The van der Waals surface area contributed by atoms with Gasteiger partial charge in [0.05, 0.1) is 11.4 Å². The summed E-state index contributed by atoms with van der Waals surface area (Å²) < 4.78 is 0. The summed E-state index contributed by atoms with van der Waals surface area (Å²) in [5.41, 5.74) is 6.81. The van der Waals surface area contributed by atoms with E-state index in [0.717, 1.165) is 40.9 Å². The Morgan fingerprint density at radius 2 is 1.81 bits per heavy atom. The van der Waals surface area contributed by atoms with Gasteiger partial charge in [-0.15, -0.1) is 6.58 Å². The zero-order valence-electron chi connectivity index (χ0n) is 18.9. The summed E-state index contributed by atoms with van der Waals surface area (Å²) in [6.45, 7) is 9.32. The maximum Gasteiger partial charge on any atom is 0.251 e. The van der Waals surface area contributed by atoms with Crippen molar-refractivity contribution in [1.82, 2.24) is 5.32 Å². The molecule has 4 heteroatoms. The summed E-state index contributed by atoms with van der Waals surface area (Å²) in [6.07, 6.45) is 3.42. The molecule has 1 aliphatic heterocycles. The maximum absolute atomic E-state index is 12.6. The molecule has 0 aromatic heterocycles. The van der Waals surface area contributed by atoms with E-state index < -0.39 is 0 Å². The molecule has 32 heavy (non-hydrogen) atoms. The van der Waals surface area contributed by atoms with Gasteiger partial charge in [0.25, 0.3) is 5.91 Å². The molecule has 1 N–H and O–H groups in total. The first-order chi connectivity index (χ1) is 15.5. The quantitative estimate of drug-likeness (QED) is 0.334. The standard InChI is InChI=1S/C25H23ClN2O.C3H6/c1-3-16(2)27-25(29)20-9-8-19-14-18-6-4-5-7-22(18)24(28-23(19)15-20)17-10-12-21(26)13-11-17;1-3-2/h4-13,15-16H,3,14H2,1-2H3,(H,27,29);3H,1H2,2H3. The fourth-order valence-corrected chi connectivity index (χ4v) is 3.61. The van der Waals surface area contributed by atoms with Gasteiger partial charge in [0.2, 0.25) is 0 Å². The van der Waals surface area contributed by atoms with Gasteiger partial charge in [-0.1, -0.05) is 67.1 Å². The number of nitrogens with zero attached hydrogens (tertiary/aromatic N) is 1. The van der Waals surface area contributed by atoms with Crippen molar-refractivity contribution in [1.29, 1.82) is 0 Å². The van der Waals surface area contributed by atoms with Gasteiger partial charge in [-0.05, 0) is 55.7 Å². The van der Waals surface area contributed by atoms with Crippen molar-refractivity contribution < 1.29 is 4.79 Å². The molecule has 0 bridgehead atoms. The topological polar surface area (TPSA) is 41.5 Å². The molecule has 3 aromatic carbocycles. The number of nitrogens with one attached hydrogen (secondary N) is 1. The molecule has 0 radical (unpaired) electrons. The summed E-state index contributed by atoms with van der Waals surface area (Å²) >= 11 is 6.09. The van der Waals surface area contributed by atoms with E-state index in [0.29, 0.717) is 10.6 Å². The number of carbonyl (C=O) groups is 1.